The second kappa shape index (κ2) is 9.35. The van der Waals surface area contributed by atoms with E-state index in [9.17, 15) is 22.4 Å². The minimum absolute atomic E-state index is 0.00288. The van der Waals surface area contributed by atoms with Crippen molar-refractivity contribution in [2.75, 3.05) is 29.3 Å². The molecule has 0 saturated heterocycles. The molecule has 4 rings (SSSR count). The fourth-order valence-corrected chi connectivity index (χ4v) is 6.29. The van der Waals surface area contributed by atoms with E-state index in [1.54, 1.807) is 26.1 Å². The smallest absolute Gasteiger partial charge is 0.333 e. The Labute approximate surface area is 204 Å². The van der Waals surface area contributed by atoms with Gasteiger partial charge in [-0.25, -0.2) is 22.3 Å². The molecule has 9 nitrogen and oxygen atoms in total. The molecule has 2 heterocycles. The molecule has 0 spiro atoms. The number of hydrogen-bond acceptors (Lipinski definition) is 7. The second-order valence-corrected chi connectivity index (χ2v) is 11.4. The molecular weight excluding hydrogens is 507 g/mol. The number of nitrogens with zero attached hydrogens (tertiary/aromatic N) is 1. The van der Waals surface area contributed by atoms with Crippen LogP contribution in [0.2, 0.25) is 0 Å². The van der Waals surface area contributed by atoms with E-state index in [1.807, 2.05) is 4.72 Å². The number of nitrogens with one attached hydrogen (secondary N) is 3. The van der Waals surface area contributed by atoms with Crippen LogP contribution < -0.4 is 25.0 Å². The first-order chi connectivity index (χ1) is 16.1. The summed E-state index contributed by atoms with van der Waals surface area (Å²) in [5.41, 5.74) is 1.68. The maximum atomic E-state index is 14.2. The monoisotopic (exact) mass is 526 g/mol. The van der Waals surface area contributed by atoms with Crippen molar-refractivity contribution < 1.29 is 27.1 Å². The number of urea groups is 1. The highest BCUT2D eigenvalue weighted by atomic mass is 35.5. The first-order valence-corrected chi connectivity index (χ1v) is 12.8. The average molecular weight is 527 g/mol. The molecule has 1 atom stereocenters. The number of carbonyl (C=O) groups excluding carboxylic acids is 2. The lowest BCUT2D eigenvalue weighted by atomic mass is 10.1. The van der Waals surface area contributed by atoms with Gasteiger partial charge in [-0.2, -0.15) is 0 Å². The first-order valence-electron chi connectivity index (χ1n) is 10.0. The average Bonchev–Trinajstić information content (AvgIpc) is 3.22. The number of benzene rings is 2. The van der Waals surface area contributed by atoms with Crippen LogP contribution >= 0.6 is 23.4 Å². The SMILES string of the molecule is CNc1cc2c(cc1F)C(=O)N(c1ccc(NC(=O)NS(=O)(=O)C3=CCC(Cl)S3)c(C)c1)CO2. The third-order valence-electron chi connectivity index (χ3n) is 5.14. The van der Waals surface area contributed by atoms with Crippen LogP contribution in [0.4, 0.5) is 26.2 Å². The predicted molar refractivity (Wildman–Crippen MR) is 130 cm³/mol. The first kappa shape index (κ1) is 24.2. The number of alkyl halides is 1. The Hall–Kier alpha value is -2.96. The van der Waals surface area contributed by atoms with Crippen molar-refractivity contribution >= 4 is 62.4 Å². The van der Waals surface area contributed by atoms with Crippen LogP contribution in [0.25, 0.3) is 0 Å². The van der Waals surface area contributed by atoms with Gasteiger partial charge in [-0.3, -0.25) is 9.69 Å². The summed E-state index contributed by atoms with van der Waals surface area (Å²) in [6.07, 6.45) is 1.84. The summed E-state index contributed by atoms with van der Waals surface area (Å²) in [4.78, 5) is 26.6. The predicted octanol–water partition coefficient (Wildman–Crippen LogP) is 4.17. The van der Waals surface area contributed by atoms with Crippen molar-refractivity contribution in [2.24, 2.45) is 0 Å². The minimum Gasteiger partial charge on any atom is -0.472 e. The molecule has 2 aromatic rings. The van der Waals surface area contributed by atoms with Gasteiger partial charge in [0.05, 0.1) is 16.0 Å². The van der Waals surface area contributed by atoms with Gasteiger partial charge in [0.15, 0.2) is 6.73 Å². The fourth-order valence-electron chi connectivity index (χ4n) is 3.42. The van der Waals surface area contributed by atoms with Crippen LogP contribution in [-0.2, 0) is 10.0 Å². The molecule has 0 fully saturated rings. The third-order valence-corrected chi connectivity index (χ3v) is 8.53. The Balaban J connectivity index is 1.48. The Morgan fingerprint density at radius 1 is 1.26 bits per heavy atom. The van der Waals surface area contributed by atoms with E-state index >= 15 is 0 Å². The molecule has 2 aliphatic rings. The van der Waals surface area contributed by atoms with Crippen molar-refractivity contribution in [3.8, 4) is 5.75 Å². The quantitative estimate of drug-likeness (QED) is 0.501. The van der Waals surface area contributed by atoms with Crippen LogP contribution in [0, 0.1) is 12.7 Å². The van der Waals surface area contributed by atoms with E-state index < -0.39 is 27.8 Å². The van der Waals surface area contributed by atoms with E-state index in [0.717, 1.165) is 17.8 Å². The van der Waals surface area contributed by atoms with Crippen LogP contribution in [-0.4, -0.2) is 38.8 Å². The van der Waals surface area contributed by atoms with Gasteiger partial charge in [-0.15, -0.1) is 11.6 Å². The zero-order valence-electron chi connectivity index (χ0n) is 18.0. The molecular formula is C21H20ClFN4O5S2. The lowest BCUT2D eigenvalue weighted by Crippen LogP contribution is -2.39. The van der Waals surface area contributed by atoms with Gasteiger partial charge >= 0.3 is 6.03 Å². The molecule has 0 aliphatic carbocycles. The zero-order chi connectivity index (χ0) is 24.6. The molecule has 0 saturated carbocycles. The van der Waals surface area contributed by atoms with Gasteiger partial charge in [-0.1, -0.05) is 17.8 Å². The van der Waals surface area contributed by atoms with Crippen molar-refractivity contribution in [3.63, 3.8) is 0 Å². The van der Waals surface area contributed by atoms with Crippen LogP contribution in [0.15, 0.2) is 40.6 Å². The summed E-state index contributed by atoms with van der Waals surface area (Å²) >= 11 is 6.86. The molecule has 2 aromatic carbocycles. The number of allylic oxidation sites excluding steroid dienone is 1. The summed E-state index contributed by atoms with van der Waals surface area (Å²) < 4.78 is 46.0. The van der Waals surface area contributed by atoms with Crippen LogP contribution in [0.1, 0.15) is 22.3 Å². The Morgan fingerprint density at radius 3 is 2.68 bits per heavy atom. The molecule has 0 radical (unpaired) electrons. The summed E-state index contributed by atoms with van der Waals surface area (Å²) in [5.74, 6) is -0.743. The molecule has 1 unspecified atom stereocenters. The van der Waals surface area contributed by atoms with Gasteiger partial charge in [0, 0.05) is 24.5 Å². The van der Waals surface area contributed by atoms with E-state index in [0.29, 0.717) is 23.4 Å². The number of fused-ring (bicyclic) bond motifs is 1. The fraction of sp³-hybridized carbons (Fsp3) is 0.238. The normalized spacial score (nSPS) is 17.5. The number of amides is 3. The topological polar surface area (TPSA) is 117 Å². The van der Waals surface area contributed by atoms with Gasteiger partial charge in [0.1, 0.15) is 15.8 Å². The van der Waals surface area contributed by atoms with Crippen molar-refractivity contribution in [1.82, 2.24) is 4.72 Å². The maximum Gasteiger partial charge on any atom is 0.333 e. The highest BCUT2D eigenvalue weighted by Crippen LogP contribution is 2.37. The van der Waals surface area contributed by atoms with E-state index in [2.05, 4.69) is 10.6 Å². The molecule has 0 bridgehead atoms. The van der Waals surface area contributed by atoms with Crippen molar-refractivity contribution in [1.29, 1.82) is 0 Å². The standard InChI is InChI=1S/C21H20ClFN4O5S2/c1-11-7-12(27-10-32-17-9-16(24-2)14(23)8-13(17)20(27)28)3-4-15(11)25-21(29)26-34(30,31)19-6-5-18(22)33-19/h3-4,6-9,18,24H,5,10H2,1-2H3,(H2,25,26,29). The summed E-state index contributed by atoms with van der Waals surface area (Å²) in [6.45, 7) is 1.60. The van der Waals surface area contributed by atoms with Crippen molar-refractivity contribution in [3.05, 3.63) is 57.6 Å². The lowest BCUT2D eigenvalue weighted by Gasteiger charge is -2.29. The number of thioether (sulfide) groups is 1. The second-order valence-electron chi connectivity index (χ2n) is 7.43. The number of ether oxygens (including phenoxy) is 1. The van der Waals surface area contributed by atoms with Gasteiger partial charge in [0.2, 0.25) is 0 Å². The highest BCUT2D eigenvalue weighted by Gasteiger charge is 2.30. The summed E-state index contributed by atoms with van der Waals surface area (Å²) in [6, 6.07) is 6.34. The molecule has 13 heteroatoms. The minimum atomic E-state index is -4.02. The molecule has 3 amide bonds. The van der Waals surface area contributed by atoms with Crippen LogP contribution in [0.5, 0.6) is 5.75 Å². The van der Waals surface area contributed by atoms with Crippen LogP contribution in [0.3, 0.4) is 0 Å². The third kappa shape index (κ3) is 4.79. The highest BCUT2D eigenvalue weighted by molar-refractivity contribution is 8.19. The maximum absolute atomic E-state index is 14.2. The number of carbonyl (C=O) groups is 2. The number of anilines is 3. The largest absolute Gasteiger partial charge is 0.472 e. The molecule has 2 aliphatic heterocycles. The summed E-state index contributed by atoms with van der Waals surface area (Å²) in [5, 5.41) is 5.18. The lowest BCUT2D eigenvalue weighted by molar-refractivity contribution is 0.0936. The van der Waals surface area contributed by atoms with E-state index in [-0.39, 0.29) is 32.7 Å². The molecule has 0 aromatic heterocycles. The molecule has 180 valence electrons. The van der Waals surface area contributed by atoms with Gasteiger partial charge in [0.25, 0.3) is 15.9 Å². The van der Waals surface area contributed by atoms with Gasteiger partial charge in [-0.05, 0) is 43.2 Å². The number of sulfonamides is 1. The number of aryl methyl sites for hydroxylation is 1. The summed E-state index contributed by atoms with van der Waals surface area (Å²) in [7, 11) is -2.46. The Bertz CT molecular complexity index is 1320. The Morgan fingerprint density at radius 2 is 2.03 bits per heavy atom. The number of rotatable bonds is 5. The molecule has 34 heavy (non-hydrogen) atoms. The van der Waals surface area contributed by atoms with E-state index in [4.69, 9.17) is 16.3 Å². The zero-order valence-corrected chi connectivity index (χ0v) is 20.4. The molecule has 3 N–H and O–H groups in total. The number of halogens is 2. The van der Waals surface area contributed by atoms with Gasteiger partial charge < -0.3 is 15.4 Å². The Kier molecular flexibility index (Phi) is 6.65. The van der Waals surface area contributed by atoms with Crippen molar-refractivity contribution in [2.45, 2.75) is 18.1 Å². The van der Waals surface area contributed by atoms with E-state index in [1.165, 1.54) is 23.1 Å². The number of hydrogen-bond donors (Lipinski definition) is 3.